The average molecular weight is 259 g/mol. The van der Waals surface area contributed by atoms with Crippen LogP contribution < -0.4 is 5.32 Å². The van der Waals surface area contributed by atoms with Crippen LogP contribution >= 0.6 is 0 Å². The number of halogens is 3. The van der Waals surface area contributed by atoms with Gasteiger partial charge in [-0.2, -0.15) is 13.2 Å². The van der Waals surface area contributed by atoms with Crippen LogP contribution in [0, 0.1) is 0 Å². The Balaban J connectivity index is 2.07. The van der Waals surface area contributed by atoms with Crippen molar-refractivity contribution in [1.82, 2.24) is 5.32 Å². The van der Waals surface area contributed by atoms with Gasteiger partial charge in [0.05, 0.1) is 17.6 Å². The third-order valence-corrected chi connectivity index (χ3v) is 4.79. The van der Waals surface area contributed by atoms with Crippen molar-refractivity contribution in [2.75, 3.05) is 11.5 Å². The van der Waals surface area contributed by atoms with Crippen LogP contribution in [-0.4, -0.2) is 48.9 Å². The van der Waals surface area contributed by atoms with Crippen molar-refractivity contribution < 1.29 is 26.7 Å². The number of nitrogens with one attached hydrogen (secondary N) is 1. The first-order chi connectivity index (χ1) is 7.15. The van der Waals surface area contributed by atoms with E-state index in [1.165, 1.54) is 0 Å². The van der Waals surface area contributed by atoms with E-state index in [0.717, 1.165) is 0 Å². The molecule has 1 aliphatic carbocycles. The molecule has 2 fully saturated rings. The molecule has 94 valence electrons. The normalized spacial score (nSPS) is 36.2. The highest BCUT2D eigenvalue weighted by Gasteiger charge is 2.64. The van der Waals surface area contributed by atoms with Crippen LogP contribution in [0.1, 0.15) is 12.8 Å². The summed E-state index contributed by atoms with van der Waals surface area (Å²) in [5.41, 5.74) is -1.97. The van der Waals surface area contributed by atoms with Gasteiger partial charge in [0.2, 0.25) is 0 Å². The molecule has 2 aliphatic rings. The van der Waals surface area contributed by atoms with E-state index in [9.17, 15) is 26.7 Å². The van der Waals surface area contributed by atoms with E-state index < -0.39 is 45.2 Å². The van der Waals surface area contributed by atoms with E-state index in [1.807, 2.05) is 0 Å². The highest BCUT2D eigenvalue weighted by molar-refractivity contribution is 7.91. The van der Waals surface area contributed by atoms with E-state index in [0.29, 0.717) is 0 Å². The molecule has 0 aromatic heterocycles. The lowest BCUT2D eigenvalue weighted by Gasteiger charge is -2.25. The summed E-state index contributed by atoms with van der Waals surface area (Å²) >= 11 is 0. The summed E-state index contributed by atoms with van der Waals surface area (Å²) in [6.45, 7) is 0. The van der Waals surface area contributed by atoms with Gasteiger partial charge in [0.1, 0.15) is 5.54 Å². The van der Waals surface area contributed by atoms with E-state index >= 15 is 0 Å². The maximum atomic E-state index is 12.6. The average Bonchev–Trinajstić information content (AvgIpc) is 2.76. The second kappa shape index (κ2) is 3.33. The number of hydrogen-bond acceptors (Lipinski definition) is 4. The molecular weight excluding hydrogens is 247 g/mol. The monoisotopic (exact) mass is 259 g/mol. The Morgan fingerprint density at radius 3 is 2.12 bits per heavy atom. The SMILES string of the molecule is O=S1(=O)CC(O)C(NC2(C(F)(F)F)CC2)C1. The molecule has 1 heterocycles. The Kier molecular flexibility index (Phi) is 2.52. The molecule has 0 aromatic rings. The zero-order chi connectivity index (χ0) is 12.2. The number of hydrogen-bond donors (Lipinski definition) is 2. The summed E-state index contributed by atoms with van der Waals surface area (Å²) in [6.07, 6.45) is -5.75. The summed E-state index contributed by atoms with van der Waals surface area (Å²) in [6, 6.07) is -1.01. The molecule has 0 bridgehead atoms. The molecule has 8 heteroatoms. The number of rotatable bonds is 2. The molecule has 1 saturated heterocycles. The van der Waals surface area contributed by atoms with Gasteiger partial charge in [-0.25, -0.2) is 8.42 Å². The van der Waals surface area contributed by atoms with E-state index in [-0.39, 0.29) is 12.8 Å². The number of sulfone groups is 1. The van der Waals surface area contributed by atoms with Gasteiger partial charge in [0.25, 0.3) is 0 Å². The highest BCUT2D eigenvalue weighted by atomic mass is 32.2. The van der Waals surface area contributed by atoms with Gasteiger partial charge in [-0.15, -0.1) is 0 Å². The second-order valence-corrected chi connectivity index (χ2v) is 6.63. The fourth-order valence-corrected chi connectivity index (χ4v) is 3.70. The third kappa shape index (κ3) is 2.05. The standard InChI is InChI=1S/C8H12F3NO3S/c9-8(10,11)7(1-2-7)12-5-3-16(14,15)4-6(5)13/h5-6,12-13H,1-4H2. The lowest BCUT2D eigenvalue weighted by molar-refractivity contribution is -0.168. The minimum atomic E-state index is -4.39. The van der Waals surface area contributed by atoms with E-state index in [1.54, 1.807) is 0 Å². The minimum absolute atomic E-state index is 0.0558. The maximum Gasteiger partial charge on any atom is 0.406 e. The third-order valence-electron chi connectivity index (χ3n) is 3.08. The van der Waals surface area contributed by atoms with E-state index in [4.69, 9.17) is 0 Å². The topological polar surface area (TPSA) is 66.4 Å². The van der Waals surface area contributed by atoms with Crippen LogP contribution in [0.2, 0.25) is 0 Å². The van der Waals surface area contributed by atoms with Crippen LogP contribution in [-0.2, 0) is 9.84 Å². The summed E-state index contributed by atoms with van der Waals surface area (Å²) in [5, 5.41) is 11.6. The number of alkyl halides is 3. The Morgan fingerprint density at radius 2 is 1.81 bits per heavy atom. The number of aliphatic hydroxyl groups is 1. The minimum Gasteiger partial charge on any atom is -0.390 e. The Hall–Kier alpha value is -0.340. The van der Waals surface area contributed by atoms with E-state index in [2.05, 4.69) is 5.32 Å². The van der Waals surface area contributed by atoms with Gasteiger partial charge in [0.15, 0.2) is 9.84 Å². The molecular formula is C8H12F3NO3S. The maximum absolute atomic E-state index is 12.6. The zero-order valence-electron chi connectivity index (χ0n) is 8.29. The number of aliphatic hydroxyl groups excluding tert-OH is 1. The second-order valence-electron chi connectivity index (χ2n) is 4.47. The fourth-order valence-electron chi connectivity index (χ4n) is 1.96. The summed E-state index contributed by atoms with van der Waals surface area (Å²) < 4.78 is 60.0. The lowest BCUT2D eigenvalue weighted by Crippen LogP contribution is -2.53. The molecule has 2 rings (SSSR count). The van der Waals surface area contributed by atoms with Crippen molar-refractivity contribution in [3.05, 3.63) is 0 Å². The Bertz CT molecular complexity index is 388. The van der Waals surface area contributed by atoms with Crippen LogP contribution in [0.4, 0.5) is 13.2 Å². The van der Waals surface area contributed by atoms with Crippen LogP contribution in [0.5, 0.6) is 0 Å². The molecule has 2 unspecified atom stereocenters. The van der Waals surface area contributed by atoms with Crippen LogP contribution in [0.25, 0.3) is 0 Å². The fraction of sp³-hybridized carbons (Fsp3) is 1.00. The highest BCUT2D eigenvalue weighted by Crippen LogP contribution is 2.49. The molecule has 0 radical (unpaired) electrons. The van der Waals surface area contributed by atoms with Gasteiger partial charge < -0.3 is 5.11 Å². The molecule has 16 heavy (non-hydrogen) atoms. The summed E-state index contributed by atoms with van der Waals surface area (Å²) in [7, 11) is -3.41. The molecule has 0 amide bonds. The van der Waals surface area contributed by atoms with Gasteiger partial charge in [-0.3, -0.25) is 5.32 Å². The molecule has 4 nitrogen and oxygen atoms in total. The molecule has 0 spiro atoms. The quantitative estimate of drug-likeness (QED) is 0.722. The molecule has 1 saturated carbocycles. The van der Waals surface area contributed by atoms with Gasteiger partial charge in [-0.1, -0.05) is 0 Å². The summed E-state index contributed by atoms with van der Waals surface area (Å²) in [5.74, 6) is -0.884. The molecule has 2 atom stereocenters. The van der Waals surface area contributed by atoms with Crippen molar-refractivity contribution in [3.8, 4) is 0 Å². The first kappa shape index (κ1) is 12.1. The van der Waals surface area contributed by atoms with Gasteiger partial charge in [0, 0.05) is 6.04 Å². The molecule has 0 aromatic carbocycles. The van der Waals surface area contributed by atoms with Gasteiger partial charge >= 0.3 is 6.18 Å². The first-order valence-electron chi connectivity index (χ1n) is 4.88. The predicted molar refractivity (Wildman–Crippen MR) is 49.6 cm³/mol. The lowest BCUT2D eigenvalue weighted by atomic mass is 10.1. The predicted octanol–water partition coefficient (Wildman–Crippen LogP) is -0.171. The van der Waals surface area contributed by atoms with Crippen molar-refractivity contribution >= 4 is 9.84 Å². The summed E-state index contributed by atoms with van der Waals surface area (Å²) in [4.78, 5) is 0. The van der Waals surface area contributed by atoms with Crippen LogP contribution in [0.15, 0.2) is 0 Å². The Morgan fingerprint density at radius 1 is 1.25 bits per heavy atom. The smallest absolute Gasteiger partial charge is 0.390 e. The van der Waals surface area contributed by atoms with Crippen LogP contribution in [0.3, 0.4) is 0 Å². The largest absolute Gasteiger partial charge is 0.406 e. The van der Waals surface area contributed by atoms with Crippen molar-refractivity contribution in [2.24, 2.45) is 0 Å². The van der Waals surface area contributed by atoms with Crippen molar-refractivity contribution in [1.29, 1.82) is 0 Å². The Labute approximate surface area is 90.7 Å². The first-order valence-corrected chi connectivity index (χ1v) is 6.70. The molecule has 2 N–H and O–H groups in total. The van der Waals surface area contributed by atoms with Crippen molar-refractivity contribution in [2.45, 2.75) is 36.7 Å². The zero-order valence-corrected chi connectivity index (χ0v) is 9.11. The van der Waals surface area contributed by atoms with Crippen molar-refractivity contribution in [3.63, 3.8) is 0 Å². The van der Waals surface area contributed by atoms with Gasteiger partial charge in [-0.05, 0) is 12.8 Å². The molecule has 1 aliphatic heterocycles.